The van der Waals surface area contributed by atoms with Gasteiger partial charge in [0.25, 0.3) is 0 Å². The summed E-state index contributed by atoms with van der Waals surface area (Å²) in [4.78, 5) is 0. The summed E-state index contributed by atoms with van der Waals surface area (Å²) < 4.78 is 0. The van der Waals surface area contributed by atoms with Crippen LogP contribution in [0.2, 0.25) is 0 Å². The van der Waals surface area contributed by atoms with Crippen molar-refractivity contribution in [2.75, 3.05) is 0 Å². The molecule has 4 rings (SSSR count). The molecule has 0 bridgehead atoms. The van der Waals surface area contributed by atoms with Crippen LogP contribution in [0.25, 0.3) is 27.6 Å². The van der Waals surface area contributed by atoms with Crippen LogP contribution in [0.5, 0.6) is 0 Å². The normalized spacial score (nSPS) is 19.8. The number of aliphatic hydroxyl groups is 4. The first kappa shape index (κ1) is 15.3. The number of rotatable bonds is 2. The minimum atomic E-state index is -0.995. The summed E-state index contributed by atoms with van der Waals surface area (Å²) in [5, 5.41) is 43.6. The highest BCUT2D eigenvalue weighted by Crippen LogP contribution is 2.40. The van der Waals surface area contributed by atoms with Crippen LogP contribution in [0.4, 0.5) is 0 Å². The lowest BCUT2D eigenvalue weighted by Gasteiger charge is -2.25. The third kappa shape index (κ3) is 2.01. The van der Waals surface area contributed by atoms with Gasteiger partial charge in [0.05, 0.1) is 13.2 Å². The number of hydrogen-bond donors (Lipinski definition) is 4. The maximum absolute atomic E-state index is 10.3. The van der Waals surface area contributed by atoms with Gasteiger partial charge in [-0.2, -0.15) is 0 Å². The molecule has 3 aromatic rings. The molecule has 0 saturated carbocycles. The zero-order valence-corrected chi connectivity index (χ0v) is 13.0. The first-order valence-corrected chi connectivity index (χ1v) is 7.92. The number of fused-ring (bicyclic) bond motifs is 4. The fourth-order valence-electron chi connectivity index (χ4n) is 3.76. The van der Waals surface area contributed by atoms with Crippen molar-refractivity contribution in [1.82, 2.24) is 0 Å². The quantitative estimate of drug-likeness (QED) is 0.546. The van der Waals surface area contributed by atoms with Crippen LogP contribution < -0.4 is 0 Å². The van der Waals surface area contributed by atoms with Crippen molar-refractivity contribution in [3.05, 3.63) is 64.7 Å². The van der Waals surface area contributed by atoms with Crippen molar-refractivity contribution < 1.29 is 20.4 Å². The first-order valence-electron chi connectivity index (χ1n) is 7.92. The van der Waals surface area contributed by atoms with E-state index in [9.17, 15) is 20.4 Å². The number of hydrogen-bond acceptors (Lipinski definition) is 4. The Morgan fingerprint density at radius 3 is 2.12 bits per heavy atom. The second kappa shape index (κ2) is 5.69. The fourth-order valence-corrected chi connectivity index (χ4v) is 3.76. The Balaban J connectivity index is 2.23. The topological polar surface area (TPSA) is 80.9 Å². The Morgan fingerprint density at radius 1 is 0.792 bits per heavy atom. The first-order chi connectivity index (χ1) is 11.7. The predicted molar refractivity (Wildman–Crippen MR) is 93.3 cm³/mol. The van der Waals surface area contributed by atoms with E-state index in [0.717, 1.165) is 38.2 Å². The molecule has 0 saturated heterocycles. The van der Waals surface area contributed by atoms with Crippen LogP contribution in [-0.4, -0.2) is 26.5 Å². The van der Waals surface area contributed by atoms with Gasteiger partial charge >= 0.3 is 0 Å². The molecule has 1 aliphatic carbocycles. The molecule has 4 N–H and O–H groups in total. The van der Waals surface area contributed by atoms with Gasteiger partial charge in [-0.25, -0.2) is 0 Å². The van der Waals surface area contributed by atoms with E-state index in [1.807, 2.05) is 30.3 Å². The van der Waals surface area contributed by atoms with Crippen LogP contribution in [-0.2, 0) is 13.2 Å². The van der Waals surface area contributed by atoms with Crippen molar-refractivity contribution in [2.45, 2.75) is 25.4 Å². The highest BCUT2D eigenvalue weighted by atomic mass is 16.3. The monoisotopic (exact) mass is 322 g/mol. The van der Waals surface area contributed by atoms with Crippen molar-refractivity contribution in [1.29, 1.82) is 0 Å². The number of benzene rings is 3. The van der Waals surface area contributed by atoms with Gasteiger partial charge < -0.3 is 20.4 Å². The largest absolute Gasteiger partial charge is 0.392 e. The third-order valence-corrected chi connectivity index (χ3v) is 4.90. The molecule has 2 unspecified atom stereocenters. The van der Waals surface area contributed by atoms with Crippen molar-refractivity contribution in [2.24, 2.45) is 0 Å². The second-order valence-electron chi connectivity index (χ2n) is 6.10. The molecule has 0 fully saturated rings. The lowest BCUT2D eigenvalue weighted by Crippen LogP contribution is -2.19. The Kier molecular flexibility index (Phi) is 3.62. The SMILES string of the molecule is OCc1c2ccccc2c(CO)c2c3c(ccc12)C(O)C(O)C=C3. The van der Waals surface area contributed by atoms with Gasteiger partial charge in [0.2, 0.25) is 0 Å². The third-order valence-electron chi connectivity index (χ3n) is 4.90. The Bertz CT molecular complexity index is 974. The van der Waals surface area contributed by atoms with Gasteiger partial charge in [-0.05, 0) is 43.8 Å². The van der Waals surface area contributed by atoms with Gasteiger partial charge in [-0.3, -0.25) is 0 Å². The van der Waals surface area contributed by atoms with Crippen LogP contribution in [0, 0.1) is 0 Å². The molecule has 4 nitrogen and oxygen atoms in total. The summed E-state index contributed by atoms with van der Waals surface area (Å²) in [5.74, 6) is 0. The average molecular weight is 322 g/mol. The zero-order chi connectivity index (χ0) is 16.8. The summed E-state index contributed by atoms with van der Waals surface area (Å²) in [6.07, 6.45) is 1.40. The second-order valence-corrected chi connectivity index (χ2v) is 6.10. The molecule has 1 aliphatic rings. The standard InChI is InChI=1S/C20H18O4/c21-9-16-11-3-1-2-4-12(11)17(10-22)19-13-7-8-18(23)20(24)15(13)6-5-14(16)19/h1-8,18,20-24H,9-10H2. The Labute approximate surface area is 138 Å². The van der Waals surface area contributed by atoms with Gasteiger partial charge in [0.15, 0.2) is 0 Å². The Morgan fingerprint density at radius 2 is 1.46 bits per heavy atom. The van der Waals surface area contributed by atoms with Crippen molar-refractivity contribution >= 4 is 27.6 Å². The lowest BCUT2D eigenvalue weighted by atomic mass is 9.84. The minimum absolute atomic E-state index is 0.115. The highest BCUT2D eigenvalue weighted by Gasteiger charge is 2.25. The van der Waals surface area contributed by atoms with Crippen LogP contribution in [0.15, 0.2) is 42.5 Å². The van der Waals surface area contributed by atoms with E-state index in [1.54, 1.807) is 18.2 Å². The Hall–Kier alpha value is -2.24. The summed E-state index contributed by atoms with van der Waals surface area (Å²) in [6, 6.07) is 11.3. The highest BCUT2D eigenvalue weighted by molar-refractivity contribution is 6.09. The smallest absolute Gasteiger partial charge is 0.109 e. The van der Waals surface area contributed by atoms with Gasteiger partial charge in [-0.1, -0.05) is 48.6 Å². The maximum atomic E-state index is 10.3. The average Bonchev–Trinajstić information content (AvgIpc) is 2.62. The van der Waals surface area contributed by atoms with E-state index < -0.39 is 12.2 Å². The fraction of sp³-hybridized carbons (Fsp3) is 0.200. The predicted octanol–water partition coefficient (Wildman–Crippen LogP) is 2.40. The maximum Gasteiger partial charge on any atom is 0.109 e. The molecule has 4 heteroatoms. The van der Waals surface area contributed by atoms with Gasteiger partial charge in [-0.15, -0.1) is 0 Å². The molecule has 0 radical (unpaired) electrons. The molecule has 0 aromatic heterocycles. The van der Waals surface area contributed by atoms with Gasteiger partial charge in [0, 0.05) is 0 Å². The number of aliphatic hydroxyl groups excluding tert-OH is 4. The molecule has 122 valence electrons. The molecule has 3 aromatic carbocycles. The zero-order valence-electron chi connectivity index (χ0n) is 13.0. The van der Waals surface area contributed by atoms with Gasteiger partial charge in [0.1, 0.15) is 12.2 Å². The molecule has 0 amide bonds. The van der Waals surface area contributed by atoms with Crippen LogP contribution in [0.3, 0.4) is 0 Å². The molecule has 0 heterocycles. The van der Waals surface area contributed by atoms with E-state index in [-0.39, 0.29) is 13.2 Å². The van der Waals surface area contributed by atoms with Crippen molar-refractivity contribution in [3.63, 3.8) is 0 Å². The van der Waals surface area contributed by atoms with E-state index in [0.29, 0.717) is 5.56 Å². The van der Waals surface area contributed by atoms with E-state index in [2.05, 4.69) is 0 Å². The lowest BCUT2D eigenvalue weighted by molar-refractivity contribution is 0.0471. The van der Waals surface area contributed by atoms with Crippen LogP contribution in [0.1, 0.15) is 28.4 Å². The van der Waals surface area contributed by atoms with E-state index >= 15 is 0 Å². The van der Waals surface area contributed by atoms with Crippen LogP contribution >= 0.6 is 0 Å². The molecule has 0 spiro atoms. The summed E-state index contributed by atoms with van der Waals surface area (Å²) in [7, 11) is 0. The molecule has 0 aliphatic heterocycles. The summed E-state index contributed by atoms with van der Waals surface area (Å²) >= 11 is 0. The van der Waals surface area contributed by atoms with E-state index in [1.165, 1.54) is 0 Å². The van der Waals surface area contributed by atoms with E-state index in [4.69, 9.17) is 0 Å². The molecular formula is C20H18O4. The minimum Gasteiger partial charge on any atom is -0.392 e. The van der Waals surface area contributed by atoms with Crippen molar-refractivity contribution in [3.8, 4) is 0 Å². The molecule has 2 atom stereocenters. The summed E-state index contributed by atoms with van der Waals surface area (Å²) in [5.41, 5.74) is 2.98. The molecular weight excluding hydrogens is 304 g/mol. The molecule has 24 heavy (non-hydrogen) atoms. The summed E-state index contributed by atoms with van der Waals surface area (Å²) in [6.45, 7) is -0.262.